The van der Waals surface area contributed by atoms with E-state index in [2.05, 4.69) is 39.0 Å². The quantitative estimate of drug-likeness (QED) is 0.163. The highest BCUT2D eigenvalue weighted by Gasteiger charge is 2.58. The highest BCUT2D eigenvalue weighted by molar-refractivity contribution is 6.03. The number of fused-ring (bicyclic) bond motifs is 8. The number of rotatable bonds is 9. The average Bonchev–Trinajstić information content (AvgIpc) is 3.41. The number of ether oxygens (including phenoxy) is 4. The standard InChI is InChI=1S/C43H51N3O6.C2H6/c1-42(2,3)52-36(47)16-22-49-24-25-50-23-21-46-41(48)30-12-4-5-15-33(30)43(46)34-26-28-10-6-17-44-19-8-13-31(37(28)44)39(34)51-40-32-14-9-20-45-18-7-11-29(38(32)45)27-35(40)43;1-2/h4-5,12,15,26-27H,6-11,13-14,16-25H2,1-3H3;1-2H3. The van der Waals surface area contributed by atoms with Crippen molar-refractivity contribution >= 4 is 23.3 Å². The fourth-order valence-corrected chi connectivity index (χ4v) is 9.98. The highest BCUT2D eigenvalue weighted by Crippen LogP contribution is 2.62. The number of benzene rings is 3. The van der Waals surface area contributed by atoms with Gasteiger partial charge in [0, 0.05) is 71.9 Å². The van der Waals surface area contributed by atoms with Crippen LogP contribution in [-0.2, 0) is 50.2 Å². The minimum Gasteiger partial charge on any atom is -0.460 e. The topological polar surface area (TPSA) is 80.8 Å². The molecule has 0 unspecified atom stereocenters. The number of nitrogens with zero attached hydrogens (tertiary/aromatic N) is 3. The first kappa shape index (κ1) is 36.9. The maximum atomic E-state index is 14.8. The molecule has 9 heteroatoms. The second kappa shape index (κ2) is 14.9. The van der Waals surface area contributed by atoms with Gasteiger partial charge in [0.05, 0.1) is 32.8 Å². The summed E-state index contributed by atoms with van der Waals surface area (Å²) in [4.78, 5) is 34.2. The first-order chi connectivity index (χ1) is 26.3. The van der Waals surface area contributed by atoms with Crippen LogP contribution >= 0.6 is 0 Å². The number of amides is 1. The Hall–Kier alpha value is -4.08. The molecule has 0 aliphatic carbocycles. The molecule has 0 aromatic heterocycles. The molecule has 9 rings (SSSR count). The van der Waals surface area contributed by atoms with Gasteiger partial charge >= 0.3 is 5.97 Å². The van der Waals surface area contributed by atoms with Crippen molar-refractivity contribution in [3.8, 4) is 11.5 Å². The number of anilines is 2. The van der Waals surface area contributed by atoms with Crippen LogP contribution in [0, 0.1) is 0 Å². The SMILES string of the molecule is CC.CC(C)(C)OC(=O)CCOCCOCCN1C(=O)c2ccccc2C12c1cc3c4c(c1Oc1c2cc2c5c1CCCN5CCC2)CCCN4CCC3. The fraction of sp³-hybridized carbons (Fsp3) is 0.556. The van der Waals surface area contributed by atoms with Crippen LogP contribution in [0.15, 0.2) is 36.4 Å². The van der Waals surface area contributed by atoms with E-state index in [0.717, 1.165) is 111 Å². The van der Waals surface area contributed by atoms with Crippen molar-refractivity contribution in [3.63, 3.8) is 0 Å². The van der Waals surface area contributed by atoms with E-state index in [1.807, 2.05) is 46.8 Å². The van der Waals surface area contributed by atoms with Crippen LogP contribution in [-0.4, -0.2) is 81.5 Å². The van der Waals surface area contributed by atoms with E-state index in [9.17, 15) is 9.59 Å². The minimum absolute atomic E-state index is 0.0348. The van der Waals surface area contributed by atoms with Crippen molar-refractivity contribution in [1.82, 2.24) is 4.90 Å². The lowest BCUT2D eigenvalue weighted by atomic mass is 9.70. The van der Waals surface area contributed by atoms with Gasteiger partial charge in [0.15, 0.2) is 0 Å². The van der Waals surface area contributed by atoms with Gasteiger partial charge in [-0.2, -0.15) is 0 Å². The van der Waals surface area contributed by atoms with E-state index in [0.29, 0.717) is 26.4 Å². The van der Waals surface area contributed by atoms with Crippen molar-refractivity contribution in [2.75, 3.05) is 69.0 Å². The number of hydrogen-bond donors (Lipinski definition) is 0. The van der Waals surface area contributed by atoms with Gasteiger partial charge in [-0.1, -0.05) is 32.0 Å². The lowest BCUT2D eigenvalue weighted by Gasteiger charge is -2.49. The molecule has 6 heterocycles. The number of hydrogen-bond acceptors (Lipinski definition) is 8. The van der Waals surface area contributed by atoms with Crippen molar-refractivity contribution in [2.45, 2.75) is 104 Å². The summed E-state index contributed by atoms with van der Waals surface area (Å²) in [5.41, 5.74) is 10.8. The van der Waals surface area contributed by atoms with Crippen LogP contribution in [0.25, 0.3) is 0 Å². The fourth-order valence-electron chi connectivity index (χ4n) is 9.98. The molecule has 0 saturated carbocycles. The summed E-state index contributed by atoms with van der Waals surface area (Å²) in [7, 11) is 0. The van der Waals surface area contributed by atoms with Crippen molar-refractivity contribution in [2.24, 2.45) is 0 Å². The summed E-state index contributed by atoms with van der Waals surface area (Å²) < 4.78 is 24.6. The van der Waals surface area contributed by atoms with Crippen LogP contribution < -0.4 is 14.5 Å². The Balaban J connectivity index is 0.00000203. The molecule has 0 radical (unpaired) electrons. The van der Waals surface area contributed by atoms with Crippen LogP contribution in [0.5, 0.6) is 11.5 Å². The lowest BCUT2D eigenvalue weighted by molar-refractivity contribution is -0.156. The normalized spacial score (nSPS) is 18.5. The molecule has 0 bridgehead atoms. The Morgan fingerprint density at radius 3 is 1.85 bits per heavy atom. The van der Waals surface area contributed by atoms with Crippen LogP contribution in [0.4, 0.5) is 11.4 Å². The molecule has 9 nitrogen and oxygen atoms in total. The summed E-state index contributed by atoms with van der Waals surface area (Å²) in [6, 6.07) is 13.1. The van der Waals surface area contributed by atoms with Gasteiger partial charge in [-0.15, -0.1) is 0 Å². The second-order valence-corrected chi connectivity index (χ2v) is 16.2. The first-order valence-corrected chi connectivity index (χ1v) is 20.6. The Kier molecular flexibility index (Phi) is 10.2. The predicted octanol–water partition coefficient (Wildman–Crippen LogP) is 7.73. The monoisotopic (exact) mass is 735 g/mol. The Morgan fingerprint density at radius 1 is 0.741 bits per heavy atom. The zero-order valence-electron chi connectivity index (χ0n) is 33.0. The largest absolute Gasteiger partial charge is 0.460 e. The van der Waals surface area contributed by atoms with Gasteiger partial charge in [0.1, 0.15) is 22.6 Å². The zero-order chi connectivity index (χ0) is 37.6. The van der Waals surface area contributed by atoms with E-state index in [4.69, 9.17) is 18.9 Å². The van der Waals surface area contributed by atoms with Crippen molar-refractivity contribution in [1.29, 1.82) is 0 Å². The van der Waals surface area contributed by atoms with Gasteiger partial charge < -0.3 is 33.6 Å². The summed E-state index contributed by atoms with van der Waals surface area (Å²) >= 11 is 0. The van der Waals surface area contributed by atoms with E-state index < -0.39 is 11.1 Å². The molecule has 0 saturated heterocycles. The minimum atomic E-state index is -0.833. The summed E-state index contributed by atoms with van der Waals surface area (Å²) in [6.07, 6.45) is 8.70. The molecule has 1 amide bonds. The van der Waals surface area contributed by atoms with Gasteiger partial charge in [-0.05, 0) is 107 Å². The van der Waals surface area contributed by atoms with E-state index >= 15 is 0 Å². The zero-order valence-corrected chi connectivity index (χ0v) is 33.0. The predicted molar refractivity (Wildman–Crippen MR) is 211 cm³/mol. The Bertz CT molecular complexity index is 1850. The molecule has 0 fully saturated rings. The molecule has 6 aliphatic rings. The highest BCUT2D eigenvalue weighted by atomic mass is 16.6. The number of carbonyl (C=O) groups is 2. The van der Waals surface area contributed by atoms with E-state index in [-0.39, 0.29) is 24.9 Å². The van der Waals surface area contributed by atoms with Gasteiger partial charge in [-0.25, -0.2) is 0 Å². The van der Waals surface area contributed by atoms with E-state index in [1.165, 1.54) is 33.6 Å². The molecule has 0 N–H and O–H groups in total. The molecule has 3 aromatic rings. The molecule has 54 heavy (non-hydrogen) atoms. The average molecular weight is 736 g/mol. The third kappa shape index (κ3) is 6.15. The second-order valence-electron chi connectivity index (χ2n) is 16.2. The molecule has 6 aliphatic heterocycles. The lowest BCUT2D eigenvalue weighted by Crippen LogP contribution is -2.49. The molecule has 0 atom stereocenters. The van der Waals surface area contributed by atoms with Crippen molar-refractivity contribution < 1.29 is 28.5 Å². The van der Waals surface area contributed by atoms with Gasteiger partial charge in [0.25, 0.3) is 5.91 Å². The van der Waals surface area contributed by atoms with Gasteiger partial charge in [-0.3, -0.25) is 9.59 Å². The molecule has 3 aromatic carbocycles. The maximum absolute atomic E-state index is 14.8. The Labute approximate surface area is 320 Å². The van der Waals surface area contributed by atoms with Crippen LogP contribution in [0.2, 0.25) is 0 Å². The number of esters is 1. The van der Waals surface area contributed by atoms with Gasteiger partial charge in [0.2, 0.25) is 0 Å². The maximum Gasteiger partial charge on any atom is 0.308 e. The third-order valence-corrected chi connectivity index (χ3v) is 11.8. The summed E-state index contributed by atoms with van der Waals surface area (Å²) in [6.45, 7) is 15.7. The molecular formula is C45H57N3O6. The van der Waals surface area contributed by atoms with Crippen LogP contribution in [0.3, 0.4) is 0 Å². The number of carbonyl (C=O) groups excluding carboxylic acids is 2. The third-order valence-electron chi connectivity index (χ3n) is 11.8. The molecule has 1 spiro atoms. The summed E-state index contributed by atoms with van der Waals surface area (Å²) in [5, 5.41) is 0. The summed E-state index contributed by atoms with van der Waals surface area (Å²) in [5.74, 6) is 1.70. The Morgan fingerprint density at radius 2 is 1.28 bits per heavy atom. The molecular weight excluding hydrogens is 679 g/mol. The van der Waals surface area contributed by atoms with Crippen molar-refractivity contribution in [3.05, 3.63) is 80.9 Å². The molecule has 288 valence electrons. The first-order valence-electron chi connectivity index (χ1n) is 20.6. The van der Waals surface area contributed by atoms with Crippen LogP contribution in [0.1, 0.15) is 116 Å². The smallest absolute Gasteiger partial charge is 0.308 e. The van der Waals surface area contributed by atoms with E-state index in [1.54, 1.807) is 0 Å². The number of aryl methyl sites for hydroxylation is 2.